The maximum absolute atomic E-state index is 5.95. The Morgan fingerprint density at radius 3 is 2.69 bits per heavy atom. The van der Waals surface area contributed by atoms with E-state index in [0.717, 1.165) is 18.7 Å². The number of nitrogens with two attached hydrogens (primary N) is 1. The fourth-order valence-corrected chi connectivity index (χ4v) is 2.20. The van der Waals surface area contributed by atoms with Gasteiger partial charge in [-0.3, -0.25) is 4.99 Å². The van der Waals surface area contributed by atoms with Crippen molar-refractivity contribution < 1.29 is 0 Å². The van der Waals surface area contributed by atoms with Crippen LogP contribution in [0.25, 0.3) is 0 Å². The summed E-state index contributed by atoms with van der Waals surface area (Å²) in [5.41, 5.74) is 7.10. The van der Waals surface area contributed by atoms with Crippen molar-refractivity contribution in [1.82, 2.24) is 0 Å². The molecule has 2 N–H and O–H groups in total. The van der Waals surface area contributed by atoms with Crippen LogP contribution in [0.5, 0.6) is 0 Å². The van der Waals surface area contributed by atoms with Crippen LogP contribution in [0.1, 0.15) is 20.3 Å². The van der Waals surface area contributed by atoms with E-state index in [1.54, 1.807) is 0 Å². The van der Waals surface area contributed by atoms with E-state index in [4.69, 9.17) is 5.73 Å². The zero-order valence-corrected chi connectivity index (χ0v) is 9.93. The summed E-state index contributed by atoms with van der Waals surface area (Å²) in [4.78, 5) is 6.50. The van der Waals surface area contributed by atoms with Gasteiger partial charge in [0.25, 0.3) is 0 Å². The van der Waals surface area contributed by atoms with Crippen molar-refractivity contribution in [2.45, 2.75) is 26.3 Å². The highest BCUT2D eigenvalue weighted by Gasteiger charge is 2.27. The highest BCUT2D eigenvalue weighted by Crippen LogP contribution is 2.24. The Kier molecular flexibility index (Phi) is 3.13. The lowest BCUT2D eigenvalue weighted by Gasteiger charge is -2.27. The van der Waals surface area contributed by atoms with Gasteiger partial charge in [0.1, 0.15) is 0 Å². The molecule has 86 valence electrons. The molecule has 0 aromatic heterocycles. The molecule has 1 aromatic carbocycles. The topological polar surface area (TPSA) is 41.6 Å². The Morgan fingerprint density at radius 1 is 1.38 bits per heavy atom. The molecule has 1 unspecified atom stereocenters. The molecule has 0 saturated heterocycles. The van der Waals surface area contributed by atoms with Crippen LogP contribution in [0, 0.1) is 5.92 Å². The van der Waals surface area contributed by atoms with Gasteiger partial charge in [0.2, 0.25) is 0 Å². The zero-order chi connectivity index (χ0) is 11.5. The fourth-order valence-electron chi connectivity index (χ4n) is 2.20. The van der Waals surface area contributed by atoms with E-state index in [1.165, 1.54) is 0 Å². The minimum Gasteiger partial charge on any atom is -0.370 e. The van der Waals surface area contributed by atoms with Crippen molar-refractivity contribution in [1.29, 1.82) is 0 Å². The average Bonchev–Trinajstić information content (AvgIpc) is 2.60. The predicted octanol–water partition coefficient (Wildman–Crippen LogP) is 2.24. The molecule has 16 heavy (non-hydrogen) atoms. The van der Waals surface area contributed by atoms with Crippen LogP contribution in [0.15, 0.2) is 35.3 Å². The standard InChI is InChI=1S/C13H19N3/c1-10(2)8-12-9-15-13(14)16(12)11-6-4-3-5-7-11/h3-7,10,12H,8-9H2,1-2H3,(H2,14,15). The number of rotatable bonds is 3. The van der Waals surface area contributed by atoms with Crippen molar-refractivity contribution in [3.05, 3.63) is 30.3 Å². The molecule has 1 aliphatic rings. The third-order valence-corrected chi connectivity index (χ3v) is 2.85. The van der Waals surface area contributed by atoms with Crippen LogP contribution in [-0.2, 0) is 0 Å². The second-order valence-corrected chi connectivity index (χ2v) is 4.69. The smallest absolute Gasteiger partial charge is 0.196 e. The molecular weight excluding hydrogens is 198 g/mol. The van der Waals surface area contributed by atoms with Gasteiger partial charge in [-0.15, -0.1) is 0 Å². The Hall–Kier alpha value is -1.51. The van der Waals surface area contributed by atoms with Gasteiger partial charge in [0.05, 0.1) is 12.6 Å². The van der Waals surface area contributed by atoms with Crippen molar-refractivity contribution in [2.24, 2.45) is 16.6 Å². The summed E-state index contributed by atoms with van der Waals surface area (Å²) < 4.78 is 0. The SMILES string of the molecule is CC(C)CC1CN=C(N)N1c1ccccc1. The van der Waals surface area contributed by atoms with E-state index < -0.39 is 0 Å². The lowest BCUT2D eigenvalue weighted by atomic mass is 10.0. The normalized spacial score (nSPS) is 20.3. The molecule has 2 rings (SSSR count). The Morgan fingerprint density at radius 2 is 2.06 bits per heavy atom. The predicted molar refractivity (Wildman–Crippen MR) is 68.7 cm³/mol. The summed E-state index contributed by atoms with van der Waals surface area (Å²) in [7, 11) is 0. The van der Waals surface area contributed by atoms with Gasteiger partial charge in [0.15, 0.2) is 5.96 Å². The van der Waals surface area contributed by atoms with Crippen LogP contribution in [0.4, 0.5) is 5.69 Å². The third kappa shape index (κ3) is 2.18. The maximum atomic E-state index is 5.95. The summed E-state index contributed by atoms with van der Waals surface area (Å²) in [5.74, 6) is 1.31. The van der Waals surface area contributed by atoms with Crippen LogP contribution in [-0.4, -0.2) is 18.5 Å². The highest BCUT2D eigenvalue weighted by atomic mass is 15.3. The number of nitrogens with zero attached hydrogens (tertiary/aromatic N) is 2. The van der Waals surface area contributed by atoms with Crippen LogP contribution < -0.4 is 10.6 Å². The molecule has 0 aliphatic carbocycles. The molecular formula is C13H19N3. The molecule has 0 amide bonds. The van der Waals surface area contributed by atoms with Crippen molar-refractivity contribution >= 4 is 11.6 Å². The molecule has 1 aromatic rings. The number of benzene rings is 1. The minimum atomic E-state index is 0.419. The van der Waals surface area contributed by atoms with Gasteiger partial charge >= 0.3 is 0 Å². The van der Waals surface area contributed by atoms with Gasteiger partial charge in [-0.05, 0) is 24.5 Å². The second-order valence-electron chi connectivity index (χ2n) is 4.69. The van der Waals surface area contributed by atoms with Gasteiger partial charge in [0, 0.05) is 5.69 Å². The summed E-state index contributed by atoms with van der Waals surface area (Å²) in [6.45, 7) is 5.29. The summed E-state index contributed by atoms with van der Waals surface area (Å²) in [6, 6.07) is 10.7. The summed E-state index contributed by atoms with van der Waals surface area (Å²) in [5, 5.41) is 0. The molecule has 0 bridgehead atoms. The zero-order valence-electron chi connectivity index (χ0n) is 9.93. The number of hydrogen-bond acceptors (Lipinski definition) is 3. The van der Waals surface area contributed by atoms with E-state index in [9.17, 15) is 0 Å². The van der Waals surface area contributed by atoms with Crippen LogP contribution in [0.2, 0.25) is 0 Å². The number of guanidine groups is 1. The Labute approximate surface area is 97.0 Å². The largest absolute Gasteiger partial charge is 0.370 e. The molecule has 3 heteroatoms. The molecule has 0 saturated carbocycles. The van der Waals surface area contributed by atoms with Gasteiger partial charge in [-0.2, -0.15) is 0 Å². The Bertz CT molecular complexity index is 370. The van der Waals surface area contributed by atoms with Crippen LogP contribution >= 0.6 is 0 Å². The molecule has 1 heterocycles. The maximum Gasteiger partial charge on any atom is 0.196 e. The van der Waals surface area contributed by atoms with E-state index >= 15 is 0 Å². The number of anilines is 1. The van der Waals surface area contributed by atoms with E-state index in [2.05, 4.69) is 35.9 Å². The first-order valence-corrected chi connectivity index (χ1v) is 5.82. The number of aliphatic imine (C=N–C) groups is 1. The van der Waals surface area contributed by atoms with Crippen molar-refractivity contribution in [3.63, 3.8) is 0 Å². The lowest BCUT2D eigenvalue weighted by Crippen LogP contribution is -2.41. The second kappa shape index (κ2) is 4.56. The molecule has 0 radical (unpaired) electrons. The third-order valence-electron chi connectivity index (χ3n) is 2.85. The molecule has 0 spiro atoms. The van der Waals surface area contributed by atoms with Crippen molar-refractivity contribution in [3.8, 4) is 0 Å². The summed E-state index contributed by atoms with van der Waals surface area (Å²) >= 11 is 0. The summed E-state index contributed by atoms with van der Waals surface area (Å²) in [6.07, 6.45) is 1.12. The quantitative estimate of drug-likeness (QED) is 0.843. The first-order chi connectivity index (χ1) is 7.68. The number of para-hydroxylation sites is 1. The van der Waals surface area contributed by atoms with E-state index in [1.807, 2.05) is 18.2 Å². The molecule has 1 atom stereocenters. The minimum absolute atomic E-state index is 0.419. The van der Waals surface area contributed by atoms with Gasteiger partial charge < -0.3 is 10.6 Å². The molecule has 1 aliphatic heterocycles. The molecule has 0 fully saturated rings. The Balaban J connectivity index is 2.19. The van der Waals surface area contributed by atoms with Crippen molar-refractivity contribution in [2.75, 3.05) is 11.4 Å². The monoisotopic (exact) mass is 217 g/mol. The van der Waals surface area contributed by atoms with Gasteiger partial charge in [-0.25, -0.2) is 0 Å². The number of hydrogen-bond donors (Lipinski definition) is 1. The molecule has 3 nitrogen and oxygen atoms in total. The first kappa shape index (κ1) is 11.0. The fraction of sp³-hybridized carbons (Fsp3) is 0.462. The average molecular weight is 217 g/mol. The van der Waals surface area contributed by atoms with E-state index in [-0.39, 0.29) is 0 Å². The van der Waals surface area contributed by atoms with Gasteiger partial charge in [-0.1, -0.05) is 32.0 Å². The van der Waals surface area contributed by atoms with Crippen LogP contribution in [0.3, 0.4) is 0 Å². The highest BCUT2D eigenvalue weighted by molar-refractivity contribution is 5.97. The first-order valence-electron chi connectivity index (χ1n) is 5.82. The van der Waals surface area contributed by atoms with E-state index in [0.29, 0.717) is 17.9 Å². The lowest BCUT2D eigenvalue weighted by molar-refractivity contribution is 0.512.